The van der Waals surface area contributed by atoms with E-state index in [1.807, 2.05) is 48.4 Å². The summed E-state index contributed by atoms with van der Waals surface area (Å²) in [6.07, 6.45) is 5.29. The summed E-state index contributed by atoms with van der Waals surface area (Å²) in [5, 5.41) is 2.00. The van der Waals surface area contributed by atoms with Crippen molar-refractivity contribution in [1.29, 1.82) is 0 Å². The fourth-order valence-electron chi connectivity index (χ4n) is 2.77. The van der Waals surface area contributed by atoms with Gasteiger partial charge in [0.15, 0.2) is 0 Å². The van der Waals surface area contributed by atoms with Gasteiger partial charge in [0.05, 0.1) is 6.54 Å². The lowest BCUT2D eigenvalue weighted by Gasteiger charge is -2.31. The summed E-state index contributed by atoms with van der Waals surface area (Å²) < 4.78 is 5.91. The van der Waals surface area contributed by atoms with E-state index in [0.717, 1.165) is 35.7 Å². The SMILES string of the molecule is Cc1cc(C)nc(OC2CCCN(C(=O)/C=C/c3cccs3)C2)n1. The molecule has 3 rings (SSSR count). The van der Waals surface area contributed by atoms with Gasteiger partial charge in [0.25, 0.3) is 0 Å². The normalized spacial score (nSPS) is 18.1. The van der Waals surface area contributed by atoms with Gasteiger partial charge in [-0.05, 0) is 50.3 Å². The minimum Gasteiger partial charge on any atom is -0.458 e. The molecule has 1 atom stereocenters. The number of hydrogen-bond acceptors (Lipinski definition) is 5. The van der Waals surface area contributed by atoms with Gasteiger partial charge < -0.3 is 9.64 Å². The third-order valence-corrected chi connectivity index (χ3v) is 4.69. The standard InChI is InChI=1S/C18H21N3O2S/c1-13-11-14(2)20-18(19-13)23-15-5-3-9-21(12-15)17(22)8-7-16-6-4-10-24-16/h4,6-8,10-11,15H,3,5,9,12H2,1-2H3/b8-7+. The van der Waals surface area contributed by atoms with E-state index in [-0.39, 0.29) is 12.0 Å². The Labute approximate surface area is 146 Å². The summed E-state index contributed by atoms with van der Waals surface area (Å²) in [7, 11) is 0. The molecule has 1 aliphatic heterocycles. The van der Waals surface area contributed by atoms with Gasteiger partial charge >= 0.3 is 6.01 Å². The Kier molecular flexibility index (Phi) is 5.25. The Morgan fingerprint density at radius 3 is 2.88 bits per heavy atom. The predicted octanol–water partition coefficient (Wildman–Crippen LogP) is 3.24. The second-order valence-electron chi connectivity index (χ2n) is 5.95. The molecule has 126 valence electrons. The van der Waals surface area contributed by atoms with E-state index in [4.69, 9.17) is 4.74 Å². The number of amides is 1. The fraction of sp³-hybridized carbons (Fsp3) is 0.389. The van der Waals surface area contributed by atoms with E-state index < -0.39 is 0 Å². The number of ether oxygens (including phenoxy) is 1. The lowest BCUT2D eigenvalue weighted by molar-refractivity contribution is -0.128. The van der Waals surface area contributed by atoms with E-state index in [1.165, 1.54) is 0 Å². The van der Waals surface area contributed by atoms with Crippen LogP contribution in [0.1, 0.15) is 29.1 Å². The van der Waals surface area contributed by atoms with Crippen molar-refractivity contribution < 1.29 is 9.53 Å². The number of hydrogen-bond donors (Lipinski definition) is 0. The number of aryl methyl sites for hydroxylation is 2. The van der Waals surface area contributed by atoms with Crippen LogP contribution >= 0.6 is 11.3 Å². The van der Waals surface area contributed by atoms with Crippen LogP contribution in [0.2, 0.25) is 0 Å². The first-order valence-electron chi connectivity index (χ1n) is 8.09. The van der Waals surface area contributed by atoms with Crippen LogP contribution in [0.5, 0.6) is 6.01 Å². The molecule has 0 saturated carbocycles. The number of rotatable bonds is 4. The zero-order chi connectivity index (χ0) is 16.9. The first-order valence-corrected chi connectivity index (χ1v) is 8.97. The number of carbonyl (C=O) groups is 1. The lowest BCUT2D eigenvalue weighted by atomic mass is 10.1. The number of carbonyl (C=O) groups excluding carboxylic acids is 1. The Balaban J connectivity index is 1.60. The van der Waals surface area contributed by atoms with Crippen molar-refractivity contribution in [3.8, 4) is 6.01 Å². The summed E-state index contributed by atoms with van der Waals surface area (Å²) in [6.45, 7) is 5.19. The van der Waals surface area contributed by atoms with Crippen molar-refractivity contribution in [3.05, 3.63) is 45.9 Å². The predicted molar refractivity (Wildman–Crippen MR) is 95.1 cm³/mol. The maximum absolute atomic E-state index is 12.4. The van der Waals surface area contributed by atoms with Crippen LogP contribution in [0.25, 0.3) is 6.08 Å². The number of piperidine rings is 1. The molecule has 1 saturated heterocycles. The molecular weight excluding hydrogens is 322 g/mol. The van der Waals surface area contributed by atoms with Crippen LogP contribution in [-0.2, 0) is 4.79 Å². The molecule has 6 heteroatoms. The third kappa shape index (κ3) is 4.41. The van der Waals surface area contributed by atoms with Crippen LogP contribution in [0.4, 0.5) is 0 Å². The summed E-state index contributed by atoms with van der Waals surface area (Å²) in [5.74, 6) is 0.0260. The van der Waals surface area contributed by atoms with Crippen LogP contribution in [-0.4, -0.2) is 40.0 Å². The maximum Gasteiger partial charge on any atom is 0.317 e. The number of thiophene rings is 1. The van der Waals surface area contributed by atoms with Crippen LogP contribution in [0, 0.1) is 13.8 Å². The average molecular weight is 343 g/mol. The Bertz CT molecular complexity index is 708. The highest BCUT2D eigenvalue weighted by Crippen LogP contribution is 2.17. The minimum atomic E-state index is -0.0564. The monoisotopic (exact) mass is 343 g/mol. The molecule has 24 heavy (non-hydrogen) atoms. The Morgan fingerprint density at radius 2 is 2.17 bits per heavy atom. The second kappa shape index (κ2) is 7.57. The molecule has 0 bridgehead atoms. The molecule has 1 unspecified atom stereocenters. The third-order valence-electron chi connectivity index (χ3n) is 3.86. The van der Waals surface area contributed by atoms with Crippen molar-refractivity contribution in [2.45, 2.75) is 32.8 Å². The van der Waals surface area contributed by atoms with Gasteiger partial charge in [-0.1, -0.05) is 6.07 Å². The molecular formula is C18H21N3O2S. The zero-order valence-electron chi connectivity index (χ0n) is 13.9. The largest absolute Gasteiger partial charge is 0.458 e. The molecule has 0 N–H and O–H groups in total. The van der Waals surface area contributed by atoms with E-state index in [9.17, 15) is 4.79 Å². The van der Waals surface area contributed by atoms with Gasteiger partial charge in [0.1, 0.15) is 6.10 Å². The zero-order valence-corrected chi connectivity index (χ0v) is 14.8. The van der Waals surface area contributed by atoms with E-state index in [2.05, 4.69) is 9.97 Å². The van der Waals surface area contributed by atoms with E-state index in [0.29, 0.717) is 12.6 Å². The topological polar surface area (TPSA) is 55.3 Å². The van der Waals surface area contributed by atoms with Gasteiger partial charge in [-0.15, -0.1) is 11.3 Å². The molecule has 0 radical (unpaired) electrons. The molecule has 1 amide bonds. The van der Waals surface area contributed by atoms with Crippen LogP contribution in [0.3, 0.4) is 0 Å². The quantitative estimate of drug-likeness (QED) is 0.800. The van der Waals surface area contributed by atoms with Gasteiger partial charge in [-0.2, -0.15) is 0 Å². The van der Waals surface area contributed by atoms with Crippen molar-refractivity contribution in [1.82, 2.24) is 14.9 Å². The van der Waals surface area contributed by atoms with Crippen molar-refractivity contribution >= 4 is 23.3 Å². The molecule has 0 aliphatic carbocycles. The van der Waals surface area contributed by atoms with Crippen LogP contribution in [0.15, 0.2) is 29.7 Å². The first-order chi connectivity index (χ1) is 11.6. The van der Waals surface area contributed by atoms with E-state index >= 15 is 0 Å². The highest BCUT2D eigenvalue weighted by molar-refractivity contribution is 7.10. The molecule has 0 aromatic carbocycles. The average Bonchev–Trinajstić information content (AvgIpc) is 3.05. The number of nitrogens with zero attached hydrogens (tertiary/aromatic N) is 3. The smallest absolute Gasteiger partial charge is 0.317 e. The number of aromatic nitrogens is 2. The summed E-state index contributed by atoms with van der Waals surface area (Å²) >= 11 is 1.62. The highest BCUT2D eigenvalue weighted by Gasteiger charge is 2.24. The summed E-state index contributed by atoms with van der Waals surface area (Å²) in [5.41, 5.74) is 1.78. The number of likely N-dealkylation sites (tertiary alicyclic amines) is 1. The van der Waals surface area contributed by atoms with Crippen molar-refractivity contribution in [2.24, 2.45) is 0 Å². The Hall–Kier alpha value is -2.21. The molecule has 2 aromatic rings. The second-order valence-corrected chi connectivity index (χ2v) is 6.93. The summed E-state index contributed by atoms with van der Waals surface area (Å²) in [6, 6.07) is 6.29. The molecule has 1 aliphatic rings. The Morgan fingerprint density at radius 1 is 1.38 bits per heavy atom. The molecule has 3 heterocycles. The molecule has 0 spiro atoms. The molecule has 5 nitrogen and oxygen atoms in total. The lowest BCUT2D eigenvalue weighted by Crippen LogP contribution is -2.43. The van der Waals surface area contributed by atoms with Crippen molar-refractivity contribution in [3.63, 3.8) is 0 Å². The van der Waals surface area contributed by atoms with Crippen LogP contribution < -0.4 is 4.74 Å². The molecule has 1 fully saturated rings. The highest BCUT2D eigenvalue weighted by atomic mass is 32.1. The minimum absolute atomic E-state index is 0.0260. The summed E-state index contributed by atoms with van der Waals surface area (Å²) in [4.78, 5) is 23.9. The van der Waals surface area contributed by atoms with Gasteiger partial charge in [0, 0.05) is 28.9 Å². The van der Waals surface area contributed by atoms with E-state index in [1.54, 1.807) is 17.4 Å². The van der Waals surface area contributed by atoms with Gasteiger partial charge in [0.2, 0.25) is 5.91 Å². The van der Waals surface area contributed by atoms with Gasteiger partial charge in [-0.3, -0.25) is 4.79 Å². The van der Waals surface area contributed by atoms with Crippen molar-refractivity contribution in [2.75, 3.05) is 13.1 Å². The maximum atomic E-state index is 12.4. The fourth-order valence-corrected chi connectivity index (χ4v) is 3.39. The molecule has 2 aromatic heterocycles. The first kappa shape index (κ1) is 16.6. The van der Waals surface area contributed by atoms with Gasteiger partial charge in [-0.25, -0.2) is 9.97 Å².